The first-order valence-electron chi connectivity index (χ1n) is 4.74. The average molecular weight is 170 g/mol. The second kappa shape index (κ2) is 4.45. The molecule has 1 aliphatic heterocycles. The molecule has 0 spiro atoms. The first kappa shape index (κ1) is 9.52. The molecular weight excluding hydrogens is 152 g/mol. The normalized spacial score (nSPS) is 18.4. The Morgan fingerprint density at radius 2 is 2.25 bits per heavy atom. The summed E-state index contributed by atoms with van der Waals surface area (Å²) in [5, 5.41) is 1.77. The summed E-state index contributed by atoms with van der Waals surface area (Å²) in [4.78, 5) is 11.5. The molecule has 12 heavy (non-hydrogen) atoms. The molecule has 0 unspecified atom stereocenters. The topological polar surface area (TPSA) is 32.3 Å². The van der Waals surface area contributed by atoms with Crippen molar-refractivity contribution in [2.24, 2.45) is 5.92 Å². The molecule has 0 bridgehead atoms. The van der Waals surface area contributed by atoms with Crippen molar-refractivity contribution >= 4 is 5.91 Å². The minimum atomic E-state index is 0.240. The minimum Gasteiger partial charge on any atom is -0.278 e. The predicted molar refractivity (Wildman–Crippen MR) is 48.4 cm³/mol. The Kier molecular flexibility index (Phi) is 3.53. The van der Waals surface area contributed by atoms with Crippen LogP contribution >= 0.6 is 0 Å². The van der Waals surface area contributed by atoms with Gasteiger partial charge in [0.15, 0.2) is 0 Å². The van der Waals surface area contributed by atoms with Gasteiger partial charge in [0.25, 0.3) is 0 Å². The third-order valence-electron chi connectivity index (χ3n) is 2.00. The van der Waals surface area contributed by atoms with Crippen LogP contribution in [0.5, 0.6) is 0 Å². The van der Waals surface area contributed by atoms with Gasteiger partial charge in [-0.05, 0) is 18.8 Å². The lowest BCUT2D eigenvalue weighted by molar-refractivity contribution is -0.136. The molecule has 0 aromatic rings. The van der Waals surface area contributed by atoms with Crippen molar-refractivity contribution in [3.8, 4) is 0 Å². The second-order valence-corrected chi connectivity index (χ2v) is 3.76. The SMILES string of the molecule is CC(C)CC(=O)N1CCCCN1. The Labute approximate surface area is 74.1 Å². The molecule has 0 atom stereocenters. The average Bonchev–Trinajstić information content (AvgIpc) is 2.05. The summed E-state index contributed by atoms with van der Waals surface area (Å²) in [6.07, 6.45) is 2.98. The number of hydrogen-bond acceptors (Lipinski definition) is 2. The summed E-state index contributed by atoms with van der Waals surface area (Å²) in [7, 11) is 0. The van der Waals surface area contributed by atoms with E-state index >= 15 is 0 Å². The standard InChI is InChI=1S/C9H18N2O/c1-8(2)7-9(12)11-6-4-3-5-10-11/h8,10H,3-7H2,1-2H3. The predicted octanol–water partition coefficient (Wildman–Crippen LogP) is 1.16. The maximum Gasteiger partial charge on any atom is 0.236 e. The molecule has 3 heteroatoms. The Morgan fingerprint density at radius 1 is 1.50 bits per heavy atom. The lowest BCUT2D eigenvalue weighted by atomic mass is 10.1. The second-order valence-electron chi connectivity index (χ2n) is 3.76. The highest BCUT2D eigenvalue weighted by Gasteiger charge is 2.16. The third-order valence-corrected chi connectivity index (χ3v) is 2.00. The van der Waals surface area contributed by atoms with Gasteiger partial charge in [0.2, 0.25) is 5.91 Å². The van der Waals surface area contributed by atoms with Crippen LogP contribution < -0.4 is 5.43 Å². The summed E-state index contributed by atoms with van der Waals surface area (Å²) < 4.78 is 0. The van der Waals surface area contributed by atoms with Crippen molar-refractivity contribution in [2.45, 2.75) is 33.1 Å². The molecule has 70 valence electrons. The highest BCUT2D eigenvalue weighted by molar-refractivity contribution is 5.75. The fourth-order valence-corrected chi connectivity index (χ4v) is 1.36. The van der Waals surface area contributed by atoms with E-state index in [2.05, 4.69) is 19.3 Å². The summed E-state index contributed by atoms with van der Waals surface area (Å²) in [6.45, 7) is 5.97. The lowest BCUT2D eigenvalue weighted by Gasteiger charge is -2.28. The number of hydrazine groups is 1. The molecule has 1 heterocycles. The van der Waals surface area contributed by atoms with Gasteiger partial charge in [-0.3, -0.25) is 9.80 Å². The molecular formula is C9H18N2O. The van der Waals surface area contributed by atoms with E-state index in [1.807, 2.05) is 0 Å². The van der Waals surface area contributed by atoms with Crippen molar-refractivity contribution < 1.29 is 4.79 Å². The van der Waals surface area contributed by atoms with Crippen molar-refractivity contribution in [1.82, 2.24) is 10.4 Å². The number of nitrogens with one attached hydrogen (secondary N) is 1. The molecule has 0 radical (unpaired) electrons. The maximum atomic E-state index is 11.5. The highest BCUT2D eigenvalue weighted by Crippen LogP contribution is 2.06. The minimum absolute atomic E-state index is 0.240. The summed E-state index contributed by atoms with van der Waals surface area (Å²) in [5.74, 6) is 0.700. The van der Waals surface area contributed by atoms with Gasteiger partial charge in [0.1, 0.15) is 0 Å². The van der Waals surface area contributed by atoms with E-state index in [4.69, 9.17) is 0 Å². The summed E-state index contributed by atoms with van der Waals surface area (Å²) >= 11 is 0. The van der Waals surface area contributed by atoms with E-state index in [0.717, 1.165) is 19.5 Å². The Balaban J connectivity index is 2.30. The van der Waals surface area contributed by atoms with Crippen LogP contribution in [0.2, 0.25) is 0 Å². The van der Waals surface area contributed by atoms with Crippen molar-refractivity contribution in [3.63, 3.8) is 0 Å². The van der Waals surface area contributed by atoms with E-state index in [1.165, 1.54) is 6.42 Å². The first-order valence-corrected chi connectivity index (χ1v) is 4.74. The van der Waals surface area contributed by atoms with Gasteiger partial charge in [0, 0.05) is 19.5 Å². The van der Waals surface area contributed by atoms with Gasteiger partial charge >= 0.3 is 0 Å². The smallest absolute Gasteiger partial charge is 0.236 e. The zero-order chi connectivity index (χ0) is 8.97. The van der Waals surface area contributed by atoms with Crippen molar-refractivity contribution in [1.29, 1.82) is 0 Å². The number of rotatable bonds is 2. The van der Waals surface area contributed by atoms with Gasteiger partial charge in [-0.15, -0.1) is 0 Å². The molecule has 1 amide bonds. The number of nitrogens with zero attached hydrogens (tertiary/aromatic N) is 1. The molecule has 1 rings (SSSR count). The fourth-order valence-electron chi connectivity index (χ4n) is 1.36. The van der Waals surface area contributed by atoms with Crippen LogP contribution in [0.25, 0.3) is 0 Å². The Morgan fingerprint density at radius 3 is 2.75 bits per heavy atom. The van der Waals surface area contributed by atoms with E-state index in [0.29, 0.717) is 12.3 Å². The monoisotopic (exact) mass is 170 g/mol. The van der Waals surface area contributed by atoms with E-state index in [9.17, 15) is 4.79 Å². The van der Waals surface area contributed by atoms with Gasteiger partial charge < -0.3 is 0 Å². The van der Waals surface area contributed by atoms with Gasteiger partial charge in [-0.25, -0.2) is 5.43 Å². The van der Waals surface area contributed by atoms with Crippen LogP contribution in [0.1, 0.15) is 33.1 Å². The zero-order valence-corrected chi connectivity index (χ0v) is 7.97. The van der Waals surface area contributed by atoms with E-state index in [-0.39, 0.29) is 5.91 Å². The fraction of sp³-hybridized carbons (Fsp3) is 0.889. The van der Waals surface area contributed by atoms with E-state index < -0.39 is 0 Å². The van der Waals surface area contributed by atoms with Crippen LogP contribution in [0, 0.1) is 5.92 Å². The Hall–Kier alpha value is -0.570. The third kappa shape index (κ3) is 2.81. The van der Waals surface area contributed by atoms with Gasteiger partial charge in [-0.2, -0.15) is 0 Å². The van der Waals surface area contributed by atoms with Crippen LogP contribution in [0.3, 0.4) is 0 Å². The summed E-state index contributed by atoms with van der Waals surface area (Å²) in [5.41, 5.74) is 3.11. The Bertz CT molecular complexity index is 151. The largest absolute Gasteiger partial charge is 0.278 e. The molecule has 0 aromatic heterocycles. The highest BCUT2D eigenvalue weighted by atomic mass is 16.2. The van der Waals surface area contributed by atoms with Crippen molar-refractivity contribution in [3.05, 3.63) is 0 Å². The number of carbonyl (C=O) groups is 1. The quantitative estimate of drug-likeness (QED) is 0.674. The molecule has 0 aliphatic carbocycles. The lowest BCUT2D eigenvalue weighted by Crippen LogP contribution is -2.47. The number of hydrogen-bond donors (Lipinski definition) is 1. The van der Waals surface area contributed by atoms with Gasteiger partial charge in [0.05, 0.1) is 0 Å². The van der Waals surface area contributed by atoms with Crippen LogP contribution in [0.15, 0.2) is 0 Å². The maximum absolute atomic E-state index is 11.5. The molecule has 1 N–H and O–H groups in total. The molecule has 1 saturated heterocycles. The van der Waals surface area contributed by atoms with Crippen LogP contribution in [-0.2, 0) is 4.79 Å². The number of amides is 1. The van der Waals surface area contributed by atoms with Crippen LogP contribution in [0.4, 0.5) is 0 Å². The molecule has 1 fully saturated rings. The molecule has 3 nitrogen and oxygen atoms in total. The van der Waals surface area contributed by atoms with Crippen LogP contribution in [-0.4, -0.2) is 24.0 Å². The molecule has 0 aromatic carbocycles. The van der Waals surface area contributed by atoms with E-state index in [1.54, 1.807) is 5.01 Å². The first-order chi connectivity index (χ1) is 5.70. The van der Waals surface area contributed by atoms with Crippen molar-refractivity contribution in [2.75, 3.05) is 13.1 Å². The molecule has 0 saturated carbocycles. The number of carbonyl (C=O) groups excluding carboxylic acids is 1. The molecule has 1 aliphatic rings. The zero-order valence-electron chi connectivity index (χ0n) is 7.97. The van der Waals surface area contributed by atoms with Gasteiger partial charge in [-0.1, -0.05) is 13.8 Å². The summed E-state index contributed by atoms with van der Waals surface area (Å²) in [6, 6.07) is 0.